The lowest BCUT2D eigenvalue weighted by Crippen LogP contribution is -2.26. The third-order valence-electron chi connectivity index (χ3n) is 2.83. The molecule has 0 saturated carbocycles. The molecule has 1 aromatic rings. The van der Waals surface area contributed by atoms with Gasteiger partial charge < -0.3 is 14.8 Å². The minimum absolute atomic E-state index is 0.215. The van der Waals surface area contributed by atoms with Crippen LogP contribution in [0.15, 0.2) is 6.07 Å². The summed E-state index contributed by atoms with van der Waals surface area (Å²) in [5.74, 6) is 2.23. The van der Waals surface area contributed by atoms with E-state index in [0.29, 0.717) is 5.88 Å². The van der Waals surface area contributed by atoms with E-state index in [1.807, 2.05) is 13.0 Å². The first kappa shape index (κ1) is 13.1. The van der Waals surface area contributed by atoms with Gasteiger partial charge >= 0.3 is 0 Å². The van der Waals surface area contributed by atoms with E-state index < -0.39 is 0 Å². The zero-order valence-corrected chi connectivity index (χ0v) is 11.1. The number of rotatable bonds is 5. The first-order chi connectivity index (χ1) is 8.78. The van der Waals surface area contributed by atoms with Gasteiger partial charge in [-0.1, -0.05) is 6.92 Å². The number of hydrogen-bond donors (Lipinski definition) is 1. The van der Waals surface area contributed by atoms with E-state index in [2.05, 4.69) is 22.2 Å². The average molecular weight is 251 g/mol. The van der Waals surface area contributed by atoms with Crippen molar-refractivity contribution in [3.8, 4) is 5.88 Å². The van der Waals surface area contributed by atoms with Crippen molar-refractivity contribution in [1.29, 1.82) is 0 Å². The van der Waals surface area contributed by atoms with Gasteiger partial charge in [-0.2, -0.15) is 4.98 Å². The van der Waals surface area contributed by atoms with Crippen molar-refractivity contribution in [1.82, 2.24) is 9.97 Å². The summed E-state index contributed by atoms with van der Waals surface area (Å²) >= 11 is 0. The van der Waals surface area contributed by atoms with Gasteiger partial charge in [-0.3, -0.25) is 0 Å². The van der Waals surface area contributed by atoms with Crippen LogP contribution in [0.2, 0.25) is 0 Å². The highest BCUT2D eigenvalue weighted by molar-refractivity contribution is 5.38. The van der Waals surface area contributed by atoms with Gasteiger partial charge in [-0.15, -0.1) is 0 Å². The van der Waals surface area contributed by atoms with Crippen molar-refractivity contribution < 1.29 is 9.47 Å². The summed E-state index contributed by atoms with van der Waals surface area (Å²) in [6.07, 6.45) is 3.15. The quantitative estimate of drug-likeness (QED) is 0.869. The van der Waals surface area contributed by atoms with E-state index in [9.17, 15) is 0 Å². The van der Waals surface area contributed by atoms with Crippen molar-refractivity contribution in [3.63, 3.8) is 0 Å². The molecule has 0 amide bonds. The molecule has 0 spiro atoms. The molecule has 0 atom stereocenters. The molecule has 0 bridgehead atoms. The Kier molecular flexibility index (Phi) is 4.75. The van der Waals surface area contributed by atoms with Crippen LogP contribution in [-0.2, 0) is 4.74 Å². The monoisotopic (exact) mass is 251 g/mol. The lowest BCUT2D eigenvalue weighted by molar-refractivity contribution is 0.0236. The Labute approximate surface area is 108 Å². The maximum Gasteiger partial charge on any atom is 0.218 e. The average Bonchev–Trinajstić information content (AvgIpc) is 2.37. The molecule has 0 aliphatic carbocycles. The van der Waals surface area contributed by atoms with Gasteiger partial charge in [0.2, 0.25) is 5.88 Å². The van der Waals surface area contributed by atoms with Crippen molar-refractivity contribution in [2.45, 2.75) is 39.2 Å². The molecule has 1 aromatic heterocycles. The molecule has 0 unspecified atom stereocenters. The second kappa shape index (κ2) is 6.54. The van der Waals surface area contributed by atoms with Gasteiger partial charge in [-0.25, -0.2) is 4.98 Å². The molecular formula is C13H21N3O2. The van der Waals surface area contributed by atoms with E-state index >= 15 is 0 Å². The summed E-state index contributed by atoms with van der Waals surface area (Å²) in [5, 5.41) is 3.26. The Bertz CT molecular complexity index is 378. The first-order valence-corrected chi connectivity index (χ1v) is 6.62. The lowest BCUT2D eigenvalue weighted by Gasteiger charge is -2.23. The minimum Gasteiger partial charge on any atom is -0.474 e. The van der Waals surface area contributed by atoms with Crippen molar-refractivity contribution >= 4 is 5.82 Å². The summed E-state index contributed by atoms with van der Waals surface area (Å²) in [6, 6.07) is 1.87. The number of aryl methyl sites for hydroxylation is 1. The zero-order chi connectivity index (χ0) is 12.8. The Morgan fingerprint density at radius 1 is 1.39 bits per heavy atom. The predicted molar refractivity (Wildman–Crippen MR) is 70.0 cm³/mol. The van der Waals surface area contributed by atoms with E-state index in [4.69, 9.17) is 9.47 Å². The van der Waals surface area contributed by atoms with Crippen LogP contribution >= 0.6 is 0 Å². The van der Waals surface area contributed by atoms with Crippen LogP contribution in [0.3, 0.4) is 0 Å². The molecule has 0 radical (unpaired) electrons. The molecule has 1 N–H and O–H groups in total. The highest BCUT2D eigenvalue weighted by Gasteiger charge is 2.16. The van der Waals surface area contributed by atoms with Crippen LogP contribution in [0.25, 0.3) is 0 Å². The smallest absolute Gasteiger partial charge is 0.218 e. The van der Waals surface area contributed by atoms with Crippen LogP contribution in [0.1, 0.15) is 32.0 Å². The molecule has 5 heteroatoms. The molecule has 0 aromatic carbocycles. The fourth-order valence-corrected chi connectivity index (χ4v) is 1.91. The van der Waals surface area contributed by atoms with E-state index in [1.54, 1.807) is 0 Å². The summed E-state index contributed by atoms with van der Waals surface area (Å²) in [6.45, 7) is 6.47. The first-order valence-electron chi connectivity index (χ1n) is 6.62. The van der Waals surface area contributed by atoms with Crippen molar-refractivity contribution in [3.05, 3.63) is 11.9 Å². The fraction of sp³-hybridized carbons (Fsp3) is 0.692. The van der Waals surface area contributed by atoms with Crippen LogP contribution in [-0.4, -0.2) is 35.8 Å². The normalized spacial score (nSPS) is 16.6. The number of aromatic nitrogens is 2. The molecule has 5 nitrogen and oxygen atoms in total. The van der Waals surface area contributed by atoms with Crippen LogP contribution in [0, 0.1) is 6.92 Å². The number of hydrogen-bond acceptors (Lipinski definition) is 5. The molecular weight excluding hydrogens is 230 g/mol. The molecule has 2 heterocycles. The largest absolute Gasteiger partial charge is 0.474 e. The number of nitrogens with one attached hydrogen (secondary N) is 1. The van der Waals surface area contributed by atoms with Gasteiger partial charge in [0, 0.05) is 25.5 Å². The second-order valence-electron chi connectivity index (χ2n) is 4.49. The summed E-state index contributed by atoms with van der Waals surface area (Å²) in [5.41, 5.74) is 0. The maximum absolute atomic E-state index is 5.89. The van der Waals surface area contributed by atoms with Gasteiger partial charge in [0.25, 0.3) is 0 Å². The molecule has 1 fully saturated rings. The number of ether oxygens (including phenoxy) is 2. The van der Waals surface area contributed by atoms with Gasteiger partial charge in [0.15, 0.2) is 0 Å². The summed E-state index contributed by atoms with van der Waals surface area (Å²) < 4.78 is 11.2. The third kappa shape index (κ3) is 3.84. The zero-order valence-electron chi connectivity index (χ0n) is 11.1. The number of nitrogens with zero attached hydrogens (tertiary/aromatic N) is 2. The molecule has 1 aliphatic heterocycles. The summed E-state index contributed by atoms with van der Waals surface area (Å²) in [7, 11) is 0. The maximum atomic E-state index is 5.89. The van der Waals surface area contributed by atoms with E-state index in [1.165, 1.54) is 0 Å². The minimum atomic E-state index is 0.215. The Morgan fingerprint density at radius 3 is 2.89 bits per heavy atom. The van der Waals surface area contributed by atoms with Gasteiger partial charge in [-0.05, 0) is 13.3 Å². The molecule has 100 valence electrons. The number of anilines is 1. The fourth-order valence-electron chi connectivity index (χ4n) is 1.91. The second-order valence-corrected chi connectivity index (χ2v) is 4.49. The molecule has 1 saturated heterocycles. The highest BCUT2D eigenvalue weighted by Crippen LogP contribution is 2.18. The van der Waals surface area contributed by atoms with E-state index in [-0.39, 0.29) is 6.10 Å². The van der Waals surface area contributed by atoms with Crippen molar-refractivity contribution in [2.75, 3.05) is 25.1 Å². The van der Waals surface area contributed by atoms with Gasteiger partial charge in [0.05, 0.1) is 13.2 Å². The Balaban J connectivity index is 1.99. The van der Waals surface area contributed by atoms with Crippen LogP contribution < -0.4 is 10.1 Å². The topological polar surface area (TPSA) is 56.3 Å². The molecule has 2 rings (SSSR count). The van der Waals surface area contributed by atoms with Gasteiger partial charge in [0.1, 0.15) is 17.7 Å². The lowest BCUT2D eigenvalue weighted by atomic mass is 10.2. The SMILES string of the molecule is CCCNc1cc(OC2CCOCC2)nc(C)n1. The Morgan fingerprint density at radius 2 is 2.17 bits per heavy atom. The van der Waals surface area contributed by atoms with E-state index in [0.717, 1.165) is 50.7 Å². The predicted octanol–water partition coefficient (Wildman–Crippen LogP) is 2.16. The highest BCUT2D eigenvalue weighted by atomic mass is 16.5. The van der Waals surface area contributed by atoms with Crippen LogP contribution in [0.5, 0.6) is 5.88 Å². The molecule has 18 heavy (non-hydrogen) atoms. The third-order valence-corrected chi connectivity index (χ3v) is 2.83. The molecule has 1 aliphatic rings. The van der Waals surface area contributed by atoms with Crippen LogP contribution in [0.4, 0.5) is 5.82 Å². The standard InChI is InChI=1S/C13H21N3O2/c1-3-6-14-12-9-13(16-10(2)15-12)18-11-4-7-17-8-5-11/h9,11H,3-8H2,1-2H3,(H,14,15,16). The Hall–Kier alpha value is -1.36. The van der Waals surface area contributed by atoms with Crippen molar-refractivity contribution in [2.24, 2.45) is 0 Å². The summed E-state index contributed by atoms with van der Waals surface area (Å²) in [4.78, 5) is 8.66.